The van der Waals surface area contributed by atoms with Gasteiger partial charge < -0.3 is 20.3 Å². The molecule has 1 atom stereocenters. The molecule has 1 heterocycles. The fourth-order valence-corrected chi connectivity index (χ4v) is 3.20. The van der Waals surface area contributed by atoms with Gasteiger partial charge in [0.2, 0.25) is 5.91 Å². The topological polar surface area (TPSA) is 87.7 Å². The third-order valence-corrected chi connectivity index (χ3v) is 4.75. The van der Waals surface area contributed by atoms with Crippen LogP contribution >= 0.6 is 0 Å². The second-order valence-electron chi connectivity index (χ2n) is 7.67. The van der Waals surface area contributed by atoms with Gasteiger partial charge in [-0.2, -0.15) is 0 Å². The van der Waals surface area contributed by atoms with Gasteiger partial charge in [0.05, 0.1) is 16.9 Å². The highest BCUT2D eigenvalue weighted by Gasteiger charge is 2.31. The van der Waals surface area contributed by atoms with Gasteiger partial charge in [0, 0.05) is 19.5 Å². The lowest BCUT2D eigenvalue weighted by atomic mass is 10.1. The molecule has 2 N–H and O–H groups in total. The number of rotatable bonds is 7. The van der Waals surface area contributed by atoms with Crippen molar-refractivity contribution in [2.45, 2.75) is 33.3 Å². The third kappa shape index (κ3) is 4.97. The zero-order valence-corrected chi connectivity index (χ0v) is 17.5. The van der Waals surface area contributed by atoms with Crippen molar-refractivity contribution in [2.24, 2.45) is 5.92 Å². The molecule has 0 aliphatic carbocycles. The summed E-state index contributed by atoms with van der Waals surface area (Å²) in [4.78, 5) is 39.1. The second kappa shape index (κ2) is 9.43. The molecule has 3 amide bonds. The van der Waals surface area contributed by atoms with Crippen LogP contribution < -0.4 is 20.3 Å². The summed E-state index contributed by atoms with van der Waals surface area (Å²) in [6.07, 6.45) is -0.511. The number of para-hydroxylation sites is 3. The van der Waals surface area contributed by atoms with Gasteiger partial charge in [0.25, 0.3) is 11.8 Å². The van der Waals surface area contributed by atoms with Crippen molar-refractivity contribution in [2.75, 3.05) is 23.3 Å². The Morgan fingerprint density at radius 2 is 1.80 bits per heavy atom. The molecule has 1 aliphatic heterocycles. The average Bonchev–Trinajstić information content (AvgIpc) is 2.72. The number of nitrogens with one attached hydrogen (secondary N) is 2. The van der Waals surface area contributed by atoms with Crippen LogP contribution in [0.25, 0.3) is 0 Å². The largest absolute Gasteiger partial charge is 0.479 e. The van der Waals surface area contributed by atoms with Crippen LogP contribution in [0.3, 0.4) is 0 Å². The Hall–Kier alpha value is -3.35. The van der Waals surface area contributed by atoms with E-state index >= 15 is 0 Å². The van der Waals surface area contributed by atoms with Crippen LogP contribution in [0.5, 0.6) is 5.75 Å². The maximum absolute atomic E-state index is 12.6. The predicted molar refractivity (Wildman–Crippen MR) is 116 cm³/mol. The Morgan fingerprint density at radius 1 is 1.10 bits per heavy atom. The number of nitrogens with zero attached hydrogens (tertiary/aromatic N) is 1. The van der Waals surface area contributed by atoms with Crippen molar-refractivity contribution in [3.8, 4) is 5.75 Å². The van der Waals surface area contributed by atoms with Crippen LogP contribution in [0.1, 0.15) is 37.6 Å². The van der Waals surface area contributed by atoms with Crippen molar-refractivity contribution in [1.29, 1.82) is 0 Å². The molecular weight excluding hydrogens is 382 g/mol. The van der Waals surface area contributed by atoms with Crippen LogP contribution in [0, 0.1) is 5.92 Å². The smallest absolute Gasteiger partial charge is 0.267 e. The molecule has 0 radical (unpaired) electrons. The van der Waals surface area contributed by atoms with E-state index in [0.29, 0.717) is 35.2 Å². The van der Waals surface area contributed by atoms with E-state index in [1.807, 2.05) is 26.0 Å². The summed E-state index contributed by atoms with van der Waals surface area (Å²) in [6.45, 7) is 6.49. The molecule has 2 aromatic carbocycles. The van der Waals surface area contributed by atoms with Crippen LogP contribution in [0.2, 0.25) is 0 Å². The minimum atomic E-state index is -0.603. The summed E-state index contributed by atoms with van der Waals surface area (Å²) >= 11 is 0. The van der Waals surface area contributed by atoms with Crippen LogP contribution in [0.15, 0.2) is 48.5 Å². The van der Waals surface area contributed by atoms with Gasteiger partial charge in [-0.15, -0.1) is 0 Å². The monoisotopic (exact) mass is 409 g/mol. The van der Waals surface area contributed by atoms with Crippen LogP contribution in [-0.2, 0) is 9.59 Å². The minimum Gasteiger partial charge on any atom is -0.479 e. The highest BCUT2D eigenvalue weighted by Crippen LogP contribution is 2.33. The van der Waals surface area contributed by atoms with E-state index in [4.69, 9.17) is 4.74 Å². The summed E-state index contributed by atoms with van der Waals surface area (Å²) in [6, 6.07) is 14.2. The van der Waals surface area contributed by atoms with E-state index in [9.17, 15) is 14.4 Å². The summed E-state index contributed by atoms with van der Waals surface area (Å²) < 4.78 is 5.62. The van der Waals surface area contributed by atoms with Gasteiger partial charge in [-0.25, -0.2) is 0 Å². The number of hydrogen-bond acceptors (Lipinski definition) is 4. The molecule has 1 unspecified atom stereocenters. The quantitative estimate of drug-likeness (QED) is 0.735. The third-order valence-electron chi connectivity index (χ3n) is 4.75. The first-order valence-corrected chi connectivity index (χ1v) is 10.1. The van der Waals surface area contributed by atoms with E-state index in [1.54, 1.807) is 48.2 Å². The van der Waals surface area contributed by atoms with E-state index < -0.39 is 6.10 Å². The fraction of sp³-hybridized carbons (Fsp3) is 0.348. The van der Waals surface area contributed by atoms with Crippen molar-refractivity contribution in [3.63, 3.8) is 0 Å². The maximum Gasteiger partial charge on any atom is 0.267 e. The predicted octanol–water partition coefficient (Wildman–Crippen LogP) is 3.22. The number of anilines is 2. The number of fused-ring (bicyclic) bond motifs is 1. The normalized spacial score (nSPS) is 15.4. The Labute approximate surface area is 176 Å². The number of benzene rings is 2. The van der Waals surface area contributed by atoms with Crippen molar-refractivity contribution in [3.05, 3.63) is 54.1 Å². The van der Waals surface area contributed by atoms with Crippen molar-refractivity contribution >= 4 is 29.1 Å². The van der Waals surface area contributed by atoms with Gasteiger partial charge in [0.15, 0.2) is 6.10 Å². The Balaban J connectivity index is 1.66. The van der Waals surface area contributed by atoms with Gasteiger partial charge >= 0.3 is 0 Å². The summed E-state index contributed by atoms with van der Waals surface area (Å²) in [5, 5.41) is 5.66. The Morgan fingerprint density at radius 3 is 2.57 bits per heavy atom. The average molecular weight is 409 g/mol. The molecule has 1 aliphatic rings. The number of amides is 3. The fourth-order valence-electron chi connectivity index (χ4n) is 3.20. The first-order valence-electron chi connectivity index (χ1n) is 10.1. The second-order valence-corrected chi connectivity index (χ2v) is 7.67. The number of ether oxygens (including phenoxy) is 1. The summed E-state index contributed by atoms with van der Waals surface area (Å²) in [5.74, 6) is 0.258. The molecule has 3 rings (SSSR count). The van der Waals surface area contributed by atoms with E-state index in [0.717, 1.165) is 0 Å². The molecule has 30 heavy (non-hydrogen) atoms. The van der Waals surface area contributed by atoms with Gasteiger partial charge in [-0.05, 0) is 37.1 Å². The molecule has 2 aromatic rings. The molecule has 7 nitrogen and oxygen atoms in total. The van der Waals surface area contributed by atoms with Gasteiger partial charge in [-0.1, -0.05) is 38.1 Å². The van der Waals surface area contributed by atoms with E-state index in [-0.39, 0.29) is 30.7 Å². The molecule has 7 heteroatoms. The molecule has 0 bridgehead atoms. The Kier molecular flexibility index (Phi) is 6.72. The summed E-state index contributed by atoms with van der Waals surface area (Å²) in [5.41, 5.74) is 1.51. The molecule has 0 fully saturated rings. The number of carbonyl (C=O) groups excluding carboxylic acids is 3. The lowest BCUT2D eigenvalue weighted by molar-refractivity contribution is -0.125. The molecular formula is C23H27N3O4. The molecule has 0 aromatic heterocycles. The molecule has 0 spiro atoms. The van der Waals surface area contributed by atoms with Crippen LogP contribution in [0.4, 0.5) is 11.4 Å². The van der Waals surface area contributed by atoms with E-state index in [2.05, 4.69) is 10.6 Å². The Bertz CT molecular complexity index is 942. The first kappa shape index (κ1) is 21.4. The number of hydrogen-bond donors (Lipinski definition) is 2. The molecule has 0 saturated carbocycles. The van der Waals surface area contributed by atoms with E-state index in [1.165, 1.54) is 0 Å². The van der Waals surface area contributed by atoms with Crippen molar-refractivity contribution < 1.29 is 19.1 Å². The molecule has 0 saturated heterocycles. The highest BCUT2D eigenvalue weighted by molar-refractivity contribution is 6.04. The number of carbonyl (C=O) groups is 3. The summed E-state index contributed by atoms with van der Waals surface area (Å²) in [7, 11) is 0. The first-order chi connectivity index (χ1) is 14.4. The zero-order valence-electron chi connectivity index (χ0n) is 17.5. The lowest BCUT2D eigenvalue weighted by Gasteiger charge is -2.32. The SMILES string of the molecule is CC(C)CNC(=O)c1ccccc1NC(=O)CCN1C(=O)C(C)Oc2ccccc21. The minimum absolute atomic E-state index is 0.0920. The van der Waals surface area contributed by atoms with Crippen LogP contribution in [-0.4, -0.2) is 36.9 Å². The lowest BCUT2D eigenvalue weighted by Crippen LogP contribution is -2.45. The zero-order chi connectivity index (χ0) is 21.7. The van der Waals surface area contributed by atoms with Crippen molar-refractivity contribution in [1.82, 2.24) is 5.32 Å². The van der Waals surface area contributed by atoms with Gasteiger partial charge in [0.1, 0.15) is 5.75 Å². The van der Waals surface area contributed by atoms with Gasteiger partial charge in [-0.3, -0.25) is 14.4 Å². The molecule has 158 valence electrons. The highest BCUT2D eigenvalue weighted by atomic mass is 16.5. The standard InChI is InChI=1S/C23H27N3O4/c1-15(2)14-24-22(28)17-8-4-5-9-18(17)25-21(27)12-13-26-19-10-6-7-11-20(19)30-16(3)23(26)29/h4-11,15-16H,12-14H2,1-3H3,(H,24,28)(H,25,27). The maximum atomic E-state index is 12.6.